The number of aryl methyl sites for hydroxylation is 2. The third-order valence-corrected chi connectivity index (χ3v) is 3.31. The summed E-state index contributed by atoms with van der Waals surface area (Å²) >= 11 is 3.27. The summed E-state index contributed by atoms with van der Waals surface area (Å²) in [6.07, 6.45) is 1.20. The van der Waals surface area contributed by atoms with Crippen molar-refractivity contribution < 1.29 is 4.79 Å². The third-order valence-electron chi connectivity index (χ3n) is 2.87. The molecule has 1 aromatic carbocycles. The quantitative estimate of drug-likeness (QED) is 0.873. The fraction of sp³-hybridized carbons (Fsp3) is 0.200. The minimum atomic E-state index is -0.0196. The third kappa shape index (κ3) is 4.17. The lowest BCUT2D eigenvalue weighted by molar-refractivity contribution is -0.116. The molecular formula is C15H15BrN2O. The molecule has 0 aliphatic carbocycles. The molecule has 1 aromatic heterocycles. The standard InChI is InChI=1S/C15H15BrN2O/c1-11-5-2-3-6-12(11)9-10-15(19)18-14-8-4-7-13(16)17-14/h2-8H,9-10H2,1H3,(H,17,18,19). The van der Waals surface area contributed by atoms with E-state index in [2.05, 4.69) is 45.3 Å². The predicted molar refractivity (Wildman–Crippen MR) is 80.1 cm³/mol. The van der Waals surface area contributed by atoms with Gasteiger partial charge < -0.3 is 5.32 Å². The van der Waals surface area contributed by atoms with Crippen LogP contribution in [0.3, 0.4) is 0 Å². The Morgan fingerprint density at radius 1 is 1.21 bits per heavy atom. The van der Waals surface area contributed by atoms with E-state index in [4.69, 9.17) is 0 Å². The van der Waals surface area contributed by atoms with Gasteiger partial charge in [0, 0.05) is 6.42 Å². The summed E-state index contributed by atoms with van der Waals surface area (Å²) in [5.74, 6) is 0.554. The van der Waals surface area contributed by atoms with Gasteiger partial charge in [0.2, 0.25) is 5.91 Å². The topological polar surface area (TPSA) is 42.0 Å². The first kappa shape index (κ1) is 13.7. The van der Waals surface area contributed by atoms with E-state index in [9.17, 15) is 4.79 Å². The van der Waals surface area contributed by atoms with Crippen LogP contribution in [-0.2, 0) is 11.2 Å². The Labute approximate surface area is 121 Å². The van der Waals surface area contributed by atoms with E-state index >= 15 is 0 Å². The van der Waals surface area contributed by atoms with Crippen LogP contribution >= 0.6 is 15.9 Å². The van der Waals surface area contributed by atoms with Crippen molar-refractivity contribution in [2.45, 2.75) is 19.8 Å². The van der Waals surface area contributed by atoms with Crippen molar-refractivity contribution in [1.29, 1.82) is 0 Å². The molecule has 0 atom stereocenters. The van der Waals surface area contributed by atoms with Crippen LogP contribution in [-0.4, -0.2) is 10.9 Å². The number of amides is 1. The van der Waals surface area contributed by atoms with Crippen LogP contribution in [0.4, 0.5) is 5.82 Å². The second-order valence-corrected chi connectivity index (χ2v) is 5.13. The van der Waals surface area contributed by atoms with Crippen LogP contribution in [0.2, 0.25) is 0 Å². The number of nitrogens with one attached hydrogen (secondary N) is 1. The van der Waals surface area contributed by atoms with Gasteiger partial charge in [0.15, 0.2) is 0 Å². The van der Waals surface area contributed by atoms with Crippen molar-refractivity contribution in [2.24, 2.45) is 0 Å². The second-order valence-electron chi connectivity index (χ2n) is 4.32. The Balaban J connectivity index is 1.90. The van der Waals surface area contributed by atoms with Crippen molar-refractivity contribution >= 4 is 27.7 Å². The van der Waals surface area contributed by atoms with E-state index in [1.807, 2.05) is 24.3 Å². The summed E-state index contributed by atoms with van der Waals surface area (Å²) in [6, 6.07) is 13.6. The Morgan fingerprint density at radius 3 is 2.74 bits per heavy atom. The molecule has 98 valence electrons. The Kier molecular flexibility index (Phi) is 4.68. The lowest BCUT2D eigenvalue weighted by atomic mass is 10.0. The molecule has 0 unspecified atom stereocenters. The molecule has 2 rings (SSSR count). The van der Waals surface area contributed by atoms with E-state index in [1.54, 1.807) is 6.07 Å². The van der Waals surface area contributed by atoms with Gasteiger partial charge in [-0.1, -0.05) is 30.3 Å². The number of carbonyl (C=O) groups excluding carboxylic acids is 1. The van der Waals surface area contributed by atoms with Gasteiger partial charge in [-0.15, -0.1) is 0 Å². The number of nitrogens with zero attached hydrogens (tertiary/aromatic N) is 1. The average Bonchev–Trinajstić information content (AvgIpc) is 2.38. The van der Waals surface area contributed by atoms with Crippen LogP contribution in [0.5, 0.6) is 0 Å². The summed E-state index contributed by atoms with van der Waals surface area (Å²) in [5.41, 5.74) is 2.43. The Hall–Kier alpha value is -1.68. The molecule has 1 amide bonds. The van der Waals surface area contributed by atoms with E-state index in [0.29, 0.717) is 16.8 Å². The Morgan fingerprint density at radius 2 is 2.00 bits per heavy atom. The lowest BCUT2D eigenvalue weighted by Crippen LogP contribution is -2.13. The molecule has 0 fully saturated rings. The van der Waals surface area contributed by atoms with Crippen molar-refractivity contribution in [3.05, 3.63) is 58.2 Å². The van der Waals surface area contributed by atoms with Gasteiger partial charge in [-0.25, -0.2) is 4.98 Å². The van der Waals surface area contributed by atoms with Gasteiger partial charge >= 0.3 is 0 Å². The zero-order valence-electron chi connectivity index (χ0n) is 10.7. The first-order chi connectivity index (χ1) is 9.15. The number of hydrogen-bond donors (Lipinski definition) is 1. The first-order valence-corrected chi connectivity index (χ1v) is 6.91. The summed E-state index contributed by atoms with van der Waals surface area (Å²) in [7, 11) is 0. The molecule has 0 bridgehead atoms. The minimum Gasteiger partial charge on any atom is -0.311 e. The highest BCUT2D eigenvalue weighted by Crippen LogP contribution is 2.12. The van der Waals surface area contributed by atoms with Gasteiger partial charge in [0.25, 0.3) is 0 Å². The number of carbonyl (C=O) groups is 1. The predicted octanol–water partition coefficient (Wildman–Crippen LogP) is 3.72. The Bertz CT molecular complexity index is 584. The number of pyridine rings is 1. The van der Waals surface area contributed by atoms with Crippen molar-refractivity contribution in [3.63, 3.8) is 0 Å². The average molecular weight is 319 g/mol. The van der Waals surface area contributed by atoms with Gasteiger partial charge in [-0.2, -0.15) is 0 Å². The lowest BCUT2D eigenvalue weighted by Gasteiger charge is -2.06. The van der Waals surface area contributed by atoms with E-state index in [1.165, 1.54) is 11.1 Å². The monoisotopic (exact) mass is 318 g/mol. The van der Waals surface area contributed by atoms with Crippen molar-refractivity contribution in [2.75, 3.05) is 5.32 Å². The molecular weight excluding hydrogens is 304 g/mol. The van der Waals surface area contributed by atoms with E-state index < -0.39 is 0 Å². The van der Waals surface area contributed by atoms with Gasteiger partial charge in [-0.05, 0) is 52.5 Å². The zero-order valence-corrected chi connectivity index (χ0v) is 12.3. The SMILES string of the molecule is Cc1ccccc1CCC(=O)Nc1cccc(Br)n1. The summed E-state index contributed by atoms with van der Waals surface area (Å²) in [4.78, 5) is 16.0. The van der Waals surface area contributed by atoms with Crippen LogP contribution in [0, 0.1) is 6.92 Å². The molecule has 0 radical (unpaired) electrons. The van der Waals surface area contributed by atoms with E-state index in [-0.39, 0.29) is 5.91 Å². The molecule has 0 saturated heterocycles. The molecule has 19 heavy (non-hydrogen) atoms. The number of hydrogen-bond acceptors (Lipinski definition) is 2. The fourth-order valence-electron chi connectivity index (χ4n) is 1.82. The zero-order chi connectivity index (χ0) is 13.7. The molecule has 0 aliphatic heterocycles. The fourth-order valence-corrected chi connectivity index (χ4v) is 2.17. The van der Waals surface area contributed by atoms with Crippen LogP contribution in [0.1, 0.15) is 17.5 Å². The van der Waals surface area contributed by atoms with Crippen LogP contribution in [0.25, 0.3) is 0 Å². The van der Waals surface area contributed by atoms with Crippen molar-refractivity contribution in [1.82, 2.24) is 4.98 Å². The van der Waals surface area contributed by atoms with E-state index in [0.717, 1.165) is 6.42 Å². The maximum absolute atomic E-state index is 11.8. The van der Waals surface area contributed by atoms with Gasteiger partial charge in [0.05, 0.1) is 0 Å². The highest BCUT2D eigenvalue weighted by molar-refractivity contribution is 9.10. The molecule has 4 heteroatoms. The molecule has 3 nitrogen and oxygen atoms in total. The summed E-state index contributed by atoms with van der Waals surface area (Å²) in [6.45, 7) is 2.06. The molecule has 0 saturated carbocycles. The molecule has 0 aliphatic rings. The largest absolute Gasteiger partial charge is 0.311 e. The molecule has 1 heterocycles. The number of anilines is 1. The maximum Gasteiger partial charge on any atom is 0.225 e. The first-order valence-electron chi connectivity index (χ1n) is 6.12. The normalized spacial score (nSPS) is 10.2. The number of rotatable bonds is 4. The van der Waals surface area contributed by atoms with Crippen LogP contribution < -0.4 is 5.32 Å². The smallest absolute Gasteiger partial charge is 0.225 e. The van der Waals surface area contributed by atoms with Crippen molar-refractivity contribution in [3.8, 4) is 0 Å². The summed E-state index contributed by atoms with van der Waals surface area (Å²) in [5, 5.41) is 2.79. The minimum absolute atomic E-state index is 0.0196. The van der Waals surface area contributed by atoms with Crippen LogP contribution in [0.15, 0.2) is 47.1 Å². The number of halogens is 1. The number of benzene rings is 1. The maximum atomic E-state index is 11.8. The second kappa shape index (κ2) is 6.48. The summed E-state index contributed by atoms with van der Waals surface area (Å²) < 4.78 is 0.712. The molecule has 2 aromatic rings. The van der Waals surface area contributed by atoms with Gasteiger partial charge in [-0.3, -0.25) is 4.79 Å². The molecule has 0 spiro atoms. The molecule has 1 N–H and O–H groups in total. The van der Waals surface area contributed by atoms with Gasteiger partial charge in [0.1, 0.15) is 10.4 Å². The highest BCUT2D eigenvalue weighted by atomic mass is 79.9. The highest BCUT2D eigenvalue weighted by Gasteiger charge is 2.05. The number of aromatic nitrogens is 1.